The Hall–Kier alpha value is -0.730. The fourth-order valence-corrected chi connectivity index (χ4v) is 3.06. The summed E-state index contributed by atoms with van der Waals surface area (Å²) in [5.74, 6) is 0. The van der Waals surface area contributed by atoms with Crippen LogP contribution in [-0.4, -0.2) is 18.6 Å². The van der Waals surface area contributed by atoms with Crippen LogP contribution in [0.5, 0.6) is 0 Å². The van der Waals surface area contributed by atoms with Gasteiger partial charge < -0.3 is 10.2 Å². The van der Waals surface area contributed by atoms with Crippen molar-refractivity contribution in [2.75, 3.05) is 11.4 Å². The summed E-state index contributed by atoms with van der Waals surface area (Å²) in [7, 11) is 0. The second-order valence-corrected chi connectivity index (χ2v) is 6.14. The first-order valence-electron chi connectivity index (χ1n) is 7.40. The first kappa shape index (κ1) is 14.7. The highest BCUT2D eigenvalue weighted by atomic mass is 35.5. The number of hydrogen-bond acceptors (Lipinski definition) is 2. The summed E-state index contributed by atoms with van der Waals surface area (Å²) in [6.07, 6.45) is 3.84. The van der Waals surface area contributed by atoms with Gasteiger partial charge in [-0.1, -0.05) is 32.4 Å². The van der Waals surface area contributed by atoms with Crippen molar-refractivity contribution < 1.29 is 0 Å². The molecule has 1 atom stereocenters. The zero-order chi connectivity index (χ0) is 13.8. The summed E-state index contributed by atoms with van der Waals surface area (Å²) >= 11 is 6.16. The molecule has 1 saturated heterocycles. The smallest absolute Gasteiger partial charge is 0.0415 e. The lowest BCUT2D eigenvalue weighted by molar-refractivity contribution is 0.585. The Morgan fingerprint density at radius 1 is 1.42 bits per heavy atom. The Labute approximate surface area is 122 Å². The van der Waals surface area contributed by atoms with Gasteiger partial charge in [-0.05, 0) is 43.0 Å². The van der Waals surface area contributed by atoms with E-state index in [1.807, 2.05) is 6.07 Å². The van der Waals surface area contributed by atoms with E-state index in [9.17, 15) is 0 Å². The second-order valence-electron chi connectivity index (χ2n) is 5.71. The van der Waals surface area contributed by atoms with E-state index in [4.69, 9.17) is 11.6 Å². The minimum atomic E-state index is 0.493. The number of halogens is 1. The molecule has 0 amide bonds. The molecule has 1 aliphatic heterocycles. The summed E-state index contributed by atoms with van der Waals surface area (Å²) in [6.45, 7) is 8.70. The van der Waals surface area contributed by atoms with Crippen molar-refractivity contribution >= 4 is 17.3 Å². The number of nitrogens with one attached hydrogen (secondary N) is 1. The minimum Gasteiger partial charge on any atom is -0.368 e. The molecule has 106 valence electrons. The standard InChI is InChI=1S/C16H25ClN2/c1-4-15-6-5-9-19(15)16-8-7-14(17)10-13(16)11-18-12(2)3/h7-8,10,12,15,18H,4-6,9,11H2,1-3H3. The molecule has 2 nitrogen and oxygen atoms in total. The van der Waals surface area contributed by atoms with Crippen LogP contribution in [0.3, 0.4) is 0 Å². The van der Waals surface area contributed by atoms with Crippen molar-refractivity contribution in [2.45, 2.75) is 58.7 Å². The highest BCUT2D eigenvalue weighted by Crippen LogP contribution is 2.31. The molecule has 1 aromatic rings. The van der Waals surface area contributed by atoms with Crippen LogP contribution in [0, 0.1) is 0 Å². The lowest BCUT2D eigenvalue weighted by Gasteiger charge is -2.28. The van der Waals surface area contributed by atoms with Gasteiger partial charge in [0, 0.05) is 35.9 Å². The molecule has 1 unspecified atom stereocenters. The maximum atomic E-state index is 6.16. The van der Waals surface area contributed by atoms with E-state index in [2.05, 4.69) is 43.1 Å². The molecule has 1 aromatic carbocycles. The van der Waals surface area contributed by atoms with E-state index in [0.717, 1.165) is 11.6 Å². The van der Waals surface area contributed by atoms with Crippen molar-refractivity contribution in [1.29, 1.82) is 0 Å². The summed E-state index contributed by atoms with van der Waals surface area (Å²) in [5.41, 5.74) is 2.68. The monoisotopic (exact) mass is 280 g/mol. The maximum absolute atomic E-state index is 6.16. The SMILES string of the molecule is CCC1CCCN1c1ccc(Cl)cc1CNC(C)C. The van der Waals surface area contributed by atoms with Gasteiger partial charge in [-0.2, -0.15) is 0 Å². The van der Waals surface area contributed by atoms with Crippen LogP contribution in [0.1, 0.15) is 45.6 Å². The Morgan fingerprint density at radius 2 is 2.21 bits per heavy atom. The summed E-state index contributed by atoms with van der Waals surface area (Å²) in [4.78, 5) is 2.56. The molecule has 0 saturated carbocycles. The second kappa shape index (κ2) is 6.62. The van der Waals surface area contributed by atoms with Gasteiger partial charge in [0.05, 0.1) is 0 Å². The predicted molar refractivity (Wildman–Crippen MR) is 84.1 cm³/mol. The van der Waals surface area contributed by atoms with Gasteiger partial charge >= 0.3 is 0 Å². The van der Waals surface area contributed by atoms with E-state index < -0.39 is 0 Å². The van der Waals surface area contributed by atoms with Crippen molar-refractivity contribution in [1.82, 2.24) is 5.32 Å². The fraction of sp³-hybridized carbons (Fsp3) is 0.625. The van der Waals surface area contributed by atoms with Crippen molar-refractivity contribution in [3.8, 4) is 0 Å². The van der Waals surface area contributed by atoms with Crippen LogP contribution in [0.25, 0.3) is 0 Å². The highest BCUT2D eigenvalue weighted by Gasteiger charge is 2.24. The van der Waals surface area contributed by atoms with Gasteiger partial charge in [0.1, 0.15) is 0 Å². The Kier molecular flexibility index (Phi) is 5.12. The Morgan fingerprint density at radius 3 is 2.89 bits per heavy atom. The molecule has 0 bridgehead atoms. The molecule has 19 heavy (non-hydrogen) atoms. The highest BCUT2D eigenvalue weighted by molar-refractivity contribution is 6.30. The largest absolute Gasteiger partial charge is 0.368 e. The fourth-order valence-electron chi connectivity index (χ4n) is 2.87. The molecule has 2 rings (SSSR count). The summed E-state index contributed by atoms with van der Waals surface area (Å²) < 4.78 is 0. The number of rotatable bonds is 5. The summed E-state index contributed by atoms with van der Waals surface area (Å²) in [6, 6.07) is 7.50. The van der Waals surface area contributed by atoms with E-state index in [1.165, 1.54) is 37.1 Å². The van der Waals surface area contributed by atoms with Crippen LogP contribution in [-0.2, 0) is 6.54 Å². The van der Waals surface area contributed by atoms with Gasteiger partial charge in [-0.15, -0.1) is 0 Å². The van der Waals surface area contributed by atoms with E-state index in [0.29, 0.717) is 12.1 Å². The van der Waals surface area contributed by atoms with Crippen molar-refractivity contribution in [2.24, 2.45) is 0 Å². The molecule has 1 fully saturated rings. The topological polar surface area (TPSA) is 15.3 Å². The number of benzene rings is 1. The maximum Gasteiger partial charge on any atom is 0.0415 e. The van der Waals surface area contributed by atoms with Crippen LogP contribution < -0.4 is 10.2 Å². The van der Waals surface area contributed by atoms with Crippen LogP contribution in [0.15, 0.2) is 18.2 Å². The normalized spacial score (nSPS) is 19.4. The predicted octanol–water partition coefficient (Wildman–Crippen LogP) is 4.22. The van der Waals surface area contributed by atoms with Gasteiger partial charge in [0.15, 0.2) is 0 Å². The molecule has 0 aromatic heterocycles. The lowest BCUT2D eigenvalue weighted by Crippen LogP contribution is -2.30. The number of nitrogens with zero attached hydrogens (tertiary/aromatic N) is 1. The van der Waals surface area contributed by atoms with E-state index in [-0.39, 0.29) is 0 Å². The first-order valence-corrected chi connectivity index (χ1v) is 7.78. The Balaban J connectivity index is 2.23. The molecular formula is C16H25ClN2. The van der Waals surface area contributed by atoms with Gasteiger partial charge in [0.25, 0.3) is 0 Å². The third kappa shape index (κ3) is 3.64. The minimum absolute atomic E-state index is 0.493. The Bertz CT molecular complexity index is 417. The van der Waals surface area contributed by atoms with Gasteiger partial charge in [-0.25, -0.2) is 0 Å². The third-order valence-electron chi connectivity index (χ3n) is 3.90. The molecule has 1 heterocycles. The van der Waals surface area contributed by atoms with E-state index >= 15 is 0 Å². The van der Waals surface area contributed by atoms with Gasteiger partial charge in [0.2, 0.25) is 0 Å². The van der Waals surface area contributed by atoms with Crippen LogP contribution in [0.2, 0.25) is 5.02 Å². The van der Waals surface area contributed by atoms with Crippen molar-refractivity contribution in [3.05, 3.63) is 28.8 Å². The van der Waals surface area contributed by atoms with Gasteiger partial charge in [-0.3, -0.25) is 0 Å². The molecule has 1 aliphatic rings. The lowest BCUT2D eigenvalue weighted by atomic mass is 10.1. The number of hydrogen-bond donors (Lipinski definition) is 1. The van der Waals surface area contributed by atoms with Crippen LogP contribution >= 0.6 is 11.6 Å². The molecule has 0 aliphatic carbocycles. The van der Waals surface area contributed by atoms with E-state index in [1.54, 1.807) is 0 Å². The molecule has 3 heteroatoms. The zero-order valence-electron chi connectivity index (χ0n) is 12.2. The van der Waals surface area contributed by atoms with Crippen molar-refractivity contribution in [3.63, 3.8) is 0 Å². The number of anilines is 1. The molecule has 0 spiro atoms. The molecule has 1 N–H and O–H groups in total. The average molecular weight is 281 g/mol. The molecule has 0 radical (unpaired) electrons. The molecular weight excluding hydrogens is 256 g/mol. The zero-order valence-corrected chi connectivity index (χ0v) is 13.0. The first-order chi connectivity index (χ1) is 9.11. The third-order valence-corrected chi connectivity index (χ3v) is 4.14. The quantitative estimate of drug-likeness (QED) is 0.869. The summed E-state index contributed by atoms with van der Waals surface area (Å²) in [5, 5.41) is 4.33. The van der Waals surface area contributed by atoms with Crippen LogP contribution in [0.4, 0.5) is 5.69 Å². The average Bonchev–Trinajstić information content (AvgIpc) is 2.84.